The molecule has 1 unspecified atom stereocenters. The van der Waals surface area contributed by atoms with Crippen LogP contribution in [0.25, 0.3) is 0 Å². The van der Waals surface area contributed by atoms with E-state index in [2.05, 4.69) is 17.7 Å². The van der Waals surface area contributed by atoms with E-state index in [4.69, 9.17) is 12.2 Å². The van der Waals surface area contributed by atoms with E-state index in [-0.39, 0.29) is 0 Å². The second kappa shape index (κ2) is 6.06. The predicted octanol–water partition coefficient (Wildman–Crippen LogP) is 1.46. The van der Waals surface area contributed by atoms with E-state index in [1.807, 2.05) is 0 Å². The lowest BCUT2D eigenvalue weighted by atomic mass is 10.1. The maximum absolute atomic E-state index is 5.78. The molecule has 0 aromatic rings. The number of nitrogens with zero attached hydrogens (tertiary/aromatic N) is 1. The largest absolute Gasteiger partial charge is 0.329 e. The van der Waals surface area contributed by atoms with Crippen molar-refractivity contribution in [2.45, 2.75) is 38.6 Å². The molecule has 14 heavy (non-hydrogen) atoms. The molecular formula is C12H22N2. The van der Waals surface area contributed by atoms with Crippen LogP contribution in [0.15, 0.2) is 0 Å². The van der Waals surface area contributed by atoms with Crippen molar-refractivity contribution in [3.05, 3.63) is 0 Å². The van der Waals surface area contributed by atoms with E-state index in [0.29, 0.717) is 6.04 Å². The van der Waals surface area contributed by atoms with Gasteiger partial charge in [-0.3, -0.25) is 4.90 Å². The molecule has 0 amide bonds. The summed E-state index contributed by atoms with van der Waals surface area (Å²) in [4.78, 5) is 2.39. The number of hydrogen-bond donors (Lipinski definition) is 1. The van der Waals surface area contributed by atoms with Crippen LogP contribution in [-0.4, -0.2) is 30.6 Å². The van der Waals surface area contributed by atoms with E-state index in [1.54, 1.807) is 0 Å². The summed E-state index contributed by atoms with van der Waals surface area (Å²) in [7, 11) is 0. The molecule has 0 aromatic carbocycles. The molecule has 0 aliphatic heterocycles. The van der Waals surface area contributed by atoms with Crippen LogP contribution < -0.4 is 5.73 Å². The van der Waals surface area contributed by atoms with Crippen LogP contribution in [0.5, 0.6) is 0 Å². The zero-order chi connectivity index (χ0) is 10.4. The van der Waals surface area contributed by atoms with Crippen LogP contribution in [0.4, 0.5) is 0 Å². The van der Waals surface area contributed by atoms with Crippen molar-refractivity contribution in [1.82, 2.24) is 4.90 Å². The summed E-state index contributed by atoms with van der Waals surface area (Å²) in [5, 5.41) is 0. The van der Waals surface area contributed by atoms with Gasteiger partial charge in [-0.25, -0.2) is 0 Å². The summed E-state index contributed by atoms with van der Waals surface area (Å²) in [6, 6.07) is 0.497. The zero-order valence-electron chi connectivity index (χ0n) is 9.21. The Labute approximate surface area is 87.8 Å². The van der Waals surface area contributed by atoms with E-state index >= 15 is 0 Å². The van der Waals surface area contributed by atoms with Gasteiger partial charge in [0.05, 0.1) is 6.54 Å². The van der Waals surface area contributed by atoms with E-state index in [9.17, 15) is 0 Å². The predicted molar refractivity (Wildman–Crippen MR) is 60.9 cm³/mol. The third-order valence-corrected chi connectivity index (χ3v) is 2.89. The van der Waals surface area contributed by atoms with Gasteiger partial charge in [0.15, 0.2) is 0 Å². The quantitative estimate of drug-likeness (QED) is 0.622. The van der Waals surface area contributed by atoms with E-state index < -0.39 is 0 Å². The van der Waals surface area contributed by atoms with Crippen LogP contribution in [0.3, 0.4) is 0 Å². The maximum Gasteiger partial charge on any atom is 0.0601 e. The van der Waals surface area contributed by atoms with Gasteiger partial charge in [-0.15, -0.1) is 6.42 Å². The Morgan fingerprint density at radius 2 is 2.29 bits per heavy atom. The minimum atomic E-state index is 0.497. The Morgan fingerprint density at radius 1 is 1.57 bits per heavy atom. The topological polar surface area (TPSA) is 29.3 Å². The molecule has 80 valence electrons. The lowest BCUT2D eigenvalue weighted by molar-refractivity contribution is 0.205. The Hall–Kier alpha value is -0.520. The van der Waals surface area contributed by atoms with Gasteiger partial charge >= 0.3 is 0 Å². The fraction of sp³-hybridized carbons (Fsp3) is 0.833. The molecule has 1 fully saturated rings. The lowest BCUT2D eigenvalue weighted by Crippen LogP contribution is -2.42. The second-order valence-corrected chi connectivity index (χ2v) is 4.26. The first kappa shape index (κ1) is 11.6. The molecule has 1 atom stereocenters. The lowest BCUT2D eigenvalue weighted by Gasteiger charge is -2.29. The van der Waals surface area contributed by atoms with Gasteiger partial charge in [0.25, 0.3) is 0 Å². The van der Waals surface area contributed by atoms with Gasteiger partial charge in [0.1, 0.15) is 0 Å². The highest BCUT2D eigenvalue weighted by atomic mass is 15.2. The van der Waals surface area contributed by atoms with Crippen LogP contribution in [0.2, 0.25) is 0 Å². The van der Waals surface area contributed by atoms with Crippen LogP contribution >= 0.6 is 0 Å². The average Bonchev–Trinajstić information content (AvgIpc) is 2.97. The van der Waals surface area contributed by atoms with Crippen LogP contribution in [0.1, 0.15) is 32.6 Å². The van der Waals surface area contributed by atoms with Crippen molar-refractivity contribution >= 4 is 0 Å². The summed E-state index contributed by atoms with van der Waals surface area (Å²) < 4.78 is 0. The van der Waals surface area contributed by atoms with Crippen LogP contribution in [0, 0.1) is 18.3 Å². The average molecular weight is 194 g/mol. The van der Waals surface area contributed by atoms with Gasteiger partial charge < -0.3 is 5.73 Å². The first-order valence-corrected chi connectivity index (χ1v) is 5.69. The number of nitrogens with two attached hydrogens (primary N) is 1. The number of terminal acetylenes is 1. The Bertz CT molecular complexity index is 191. The molecule has 1 saturated carbocycles. The Morgan fingerprint density at radius 3 is 2.71 bits per heavy atom. The molecule has 2 N–H and O–H groups in total. The molecule has 0 heterocycles. The number of hydrogen-bond acceptors (Lipinski definition) is 2. The van der Waals surface area contributed by atoms with Gasteiger partial charge in [0.2, 0.25) is 0 Å². The molecule has 1 rings (SSSR count). The smallest absolute Gasteiger partial charge is 0.0601 e. The van der Waals surface area contributed by atoms with Gasteiger partial charge in [-0.2, -0.15) is 0 Å². The molecule has 2 nitrogen and oxygen atoms in total. The maximum atomic E-state index is 5.78. The van der Waals surface area contributed by atoms with E-state index in [0.717, 1.165) is 25.6 Å². The normalized spacial score (nSPS) is 18.1. The zero-order valence-corrected chi connectivity index (χ0v) is 9.21. The van der Waals surface area contributed by atoms with Gasteiger partial charge in [0, 0.05) is 19.1 Å². The summed E-state index contributed by atoms with van der Waals surface area (Å²) in [5.41, 5.74) is 5.78. The molecule has 0 bridgehead atoms. The summed E-state index contributed by atoms with van der Waals surface area (Å²) in [6.07, 6.45) is 10.5. The third kappa shape index (κ3) is 3.69. The first-order valence-electron chi connectivity index (χ1n) is 5.69. The fourth-order valence-electron chi connectivity index (χ4n) is 1.87. The Balaban J connectivity index is 2.39. The van der Waals surface area contributed by atoms with E-state index in [1.165, 1.54) is 25.7 Å². The molecule has 1 aliphatic carbocycles. The molecule has 2 heteroatoms. The SMILES string of the molecule is C#CCN(CC1CC1)C(CN)CCC. The monoisotopic (exact) mass is 194 g/mol. The standard InChI is InChI=1S/C12H22N2/c1-3-5-12(9-13)14(8-4-2)10-11-6-7-11/h2,11-12H,3,5-10,13H2,1H3. The molecule has 0 aromatic heterocycles. The molecule has 0 saturated heterocycles. The Kier molecular flexibility index (Phi) is 5.00. The minimum Gasteiger partial charge on any atom is -0.329 e. The minimum absolute atomic E-state index is 0.497. The summed E-state index contributed by atoms with van der Waals surface area (Å²) >= 11 is 0. The van der Waals surface area contributed by atoms with Crippen molar-refractivity contribution in [3.8, 4) is 12.3 Å². The summed E-state index contributed by atoms with van der Waals surface area (Å²) in [6.45, 7) is 4.86. The molecule has 1 aliphatic rings. The molecule has 0 radical (unpaired) electrons. The van der Waals surface area contributed by atoms with Crippen molar-refractivity contribution in [1.29, 1.82) is 0 Å². The van der Waals surface area contributed by atoms with Crippen molar-refractivity contribution in [2.75, 3.05) is 19.6 Å². The van der Waals surface area contributed by atoms with Crippen molar-refractivity contribution < 1.29 is 0 Å². The van der Waals surface area contributed by atoms with Gasteiger partial charge in [-0.05, 0) is 25.2 Å². The highest BCUT2D eigenvalue weighted by Gasteiger charge is 2.26. The van der Waals surface area contributed by atoms with Crippen molar-refractivity contribution in [3.63, 3.8) is 0 Å². The van der Waals surface area contributed by atoms with Crippen molar-refractivity contribution in [2.24, 2.45) is 11.7 Å². The first-order chi connectivity index (χ1) is 6.81. The highest BCUT2D eigenvalue weighted by molar-refractivity contribution is 4.92. The summed E-state index contributed by atoms with van der Waals surface area (Å²) in [5.74, 6) is 3.64. The molecule has 0 spiro atoms. The second-order valence-electron chi connectivity index (χ2n) is 4.26. The molecular weight excluding hydrogens is 172 g/mol. The van der Waals surface area contributed by atoms with Gasteiger partial charge in [-0.1, -0.05) is 19.3 Å². The number of rotatable bonds is 7. The van der Waals surface area contributed by atoms with Crippen LogP contribution in [-0.2, 0) is 0 Å². The highest BCUT2D eigenvalue weighted by Crippen LogP contribution is 2.30. The third-order valence-electron chi connectivity index (χ3n) is 2.89. The fourth-order valence-corrected chi connectivity index (χ4v) is 1.87.